The van der Waals surface area contributed by atoms with Crippen LogP contribution in [0, 0.1) is 6.92 Å². The van der Waals surface area contributed by atoms with Gasteiger partial charge in [-0.05, 0) is 31.2 Å². The predicted molar refractivity (Wildman–Crippen MR) is 104 cm³/mol. The minimum absolute atomic E-state index is 0.00115. The predicted octanol–water partition coefficient (Wildman–Crippen LogP) is 2.06. The quantitative estimate of drug-likeness (QED) is 0.723. The minimum Gasteiger partial charge on any atom is -0.486 e. The lowest BCUT2D eigenvalue weighted by Gasteiger charge is -2.18. The van der Waals surface area contributed by atoms with Crippen molar-refractivity contribution in [1.82, 2.24) is 9.36 Å². The van der Waals surface area contributed by atoms with Crippen LogP contribution in [0.15, 0.2) is 58.2 Å². The monoisotopic (exact) mass is 401 g/mol. The van der Waals surface area contributed by atoms with Gasteiger partial charge in [0.05, 0.1) is 16.3 Å². The highest BCUT2D eigenvalue weighted by molar-refractivity contribution is 7.92. The molecule has 0 saturated carbocycles. The molecule has 1 aliphatic rings. The maximum Gasteiger partial charge on any atom is 0.296 e. The van der Waals surface area contributed by atoms with Gasteiger partial charge in [0.25, 0.3) is 15.6 Å². The molecule has 2 heterocycles. The Bertz CT molecular complexity index is 1200. The molecular formula is C19H19N3O5S. The molecule has 0 unspecified atom stereocenters. The number of rotatable bonds is 4. The number of nitrogens with zero attached hydrogens (tertiary/aromatic N) is 2. The van der Waals surface area contributed by atoms with Crippen LogP contribution in [-0.2, 0) is 17.1 Å². The summed E-state index contributed by atoms with van der Waals surface area (Å²) in [6.07, 6.45) is 0. The van der Waals surface area contributed by atoms with Crippen LogP contribution < -0.4 is 19.8 Å². The molecule has 0 aliphatic carbocycles. The van der Waals surface area contributed by atoms with Crippen LogP contribution in [0.5, 0.6) is 11.5 Å². The normalized spacial score (nSPS) is 13.4. The number of benzene rings is 2. The molecule has 0 fully saturated rings. The fourth-order valence-electron chi connectivity index (χ4n) is 3.07. The van der Waals surface area contributed by atoms with Crippen molar-refractivity contribution in [2.24, 2.45) is 7.05 Å². The number of hydrogen-bond donors (Lipinski definition) is 1. The van der Waals surface area contributed by atoms with Crippen molar-refractivity contribution >= 4 is 15.7 Å². The van der Waals surface area contributed by atoms with E-state index in [0.717, 1.165) is 0 Å². The molecule has 0 atom stereocenters. The summed E-state index contributed by atoms with van der Waals surface area (Å²) < 4.78 is 42.1. The number of aromatic nitrogens is 2. The second kappa shape index (κ2) is 6.75. The molecule has 0 spiro atoms. The van der Waals surface area contributed by atoms with Crippen molar-refractivity contribution in [3.63, 3.8) is 0 Å². The van der Waals surface area contributed by atoms with Gasteiger partial charge in [0.1, 0.15) is 18.9 Å². The molecule has 1 aromatic heterocycles. The van der Waals surface area contributed by atoms with Crippen LogP contribution in [0.1, 0.15) is 5.69 Å². The fraction of sp³-hybridized carbons (Fsp3) is 0.211. The summed E-state index contributed by atoms with van der Waals surface area (Å²) in [7, 11) is -2.29. The highest BCUT2D eigenvalue weighted by Crippen LogP contribution is 2.32. The van der Waals surface area contributed by atoms with Gasteiger partial charge in [0.15, 0.2) is 11.5 Å². The second-order valence-corrected chi connectivity index (χ2v) is 8.03. The van der Waals surface area contributed by atoms with Crippen molar-refractivity contribution in [3.8, 4) is 17.2 Å². The zero-order valence-corrected chi connectivity index (χ0v) is 16.2. The van der Waals surface area contributed by atoms with Crippen LogP contribution in [0.4, 0.5) is 5.69 Å². The first-order valence-electron chi connectivity index (χ1n) is 8.65. The van der Waals surface area contributed by atoms with Gasteiger partial charge < -0.3 is 9.47 Å². The van der Waals surface area contributed by atoms with Gasteiger partial charge in [-0.2, -0.15) is 0 Å². The molecule has 9 heteroatoms. The smallest absolute Gasteiger partial charge is 0.296 e. The van der Waals surface area contributed by atoms with Gasteiger partial charge >= 0.3 is 0 Å². The van der Waals surface area contributed by atoms with Crippen LogP contribution in [0.3, 0.4) is 0 Å². The van der Waals surface area contributed by atoms with E-state index in [1.807, 2.05) is 18.2 Å². The van der Waals surface area contributed by atoms with Crippen LogP contribution >= 0.6 is 0 Å². The molecule has 8 nitrogen and oxygen atoms in total. The standard InChI is InChI=1S/C19H19N3O5S/c1-13-18(19(23)22(21(13)2)14-6-4-3-5-7-14)20-28(24,25)15-8-9-16-17(12-15)27-11-10-26-16/h3-9,12,20H,10-11H2,1-2H3. The van der Waals surface area contributed by atoms with E-state index >= 15 is 0 Å². The van der Waals surface area contributed by atoms with Crippen molar-refractivity contribution in [2.75, 3.05) is 17.9 Å². The van der Waals surface area contributed by atoms with E-state index in [9.17, 15) is 13.2 Å². The maximum absolute atomic E-state index is 12.9. The molecule has 1 aliphatic heterocycles. The van der Waals surface area contributed by atoms with Gasteiger partial charge in [-0.3, -0.25) is 14.2 Å². The summed E-state index contributed by atoms with van der Waals surface area (Å²) in [4.78, 5) is 12.9. The highest BCUT2D eigenvalue weighted by Gasteiger charge is 2.24. The lowest BCUT2D eigenvalue weighted by Crippen LogP contribution is -2.23. The molecular weight excluding hydrogens is 382 g/mol. The lowest BCUT2D eigenvalue weighted by molar-refractivity contribution is 0.171. The average molecular weight is 401 g/mol. The van der Waals surface area contributed by atoms with E-state index in [2.05, 4.69) is 4.72 Å². The topological polar surface area (TPSA) is 91.6 Å². The Morgan fingerprint density at radius 3 is 2.39 bits per heavy atom. The van der Waals surface area contributed by atoms with Gasteiger partial charge in [0.2, 0.25) is 0 Å². The largest absolute Gasteiger partial charge is 0.486 e. The van der Waals surface area contributed by atoms with Crippen molar-refractivity contribution in [1.29, 1.82) is 0 Å². The van der Waals surface area contributed by atoms with Crippen LogP contribution in [0.25, 0.3) is 5.69 Å². The molecule has 0 radical (unpaired) electrons. The molecule has 0 bridgehead atoms. The second-order valence-electron chi connectivity index (χ2n) is 6.35. The molecule has 2 aromatic carbocycles. The van der Waals surface area contributed by atoms with Gasteiger partial charge in [-0.1, -0.05) is 18.2 Å². The fourth-order valence-corrected chi connectivity index (χ4v) is 4.20. The Labute approximate surface area is 162 Å². The van der Waals surface area contributed by atoms with Crippen LogP contribution in [0.2, 0.25) is 0 Å². The lowest BCUT2D eigenvalue weighted by atomic mass is 10.3. The summed E-state index contributed by atoms with van der Waals surface area (Å²) in [5.74, 6) is 0.855. The van der Waals surface area contributed by atoms with Crippen molar-refractivity contribution in [3.05, 3.63) is 64.6 Å². The van der Waals surface area contributed by atoms with E-state index < -0.39 is 15.6 Å². The Morgan fingerprint density at radius 2 is 1.68 bits per heavy atom. The first-order valence-corrected chi connectivity index (χ1v) is 10.1. The van der Waals surface area contributed by atoms with Gasteiger partial charge in [-0.25, -0.2) is 13.1 Å². The molecule has 3 aromatic rings. The molecule has 4 rings (SSSR count). The maximum atomic E-state index is 12.9. The zero-order chi connectivity index (χ0) is 19.9. The number of sulfonamides is 1. The third-order valence-electron chi connectivity index (χ3n) is 4.61. The first kappa shape index (κ1) is 18.2. The van der Waals surface area contributed by atoms with Crippen molar-refractivity contribution in [2.45, 2.75) is 11.8 Å². The number of ether oxygens (including phenoxy) is 2. The minimum atomic E-state index is -3.99. The number of hydrogen-bond acceptors (Lipinski definition) is 5. The Kier molecular flexibility index (Phi) is 4.38. The Balaban J connectivity index is 1.74. The Morgan fingerprint density at radius 1 is 1.00 bits per heavy atom. The van der Waals surface area contributed by atoms with E-state index in [1.54, 1.807) is 36.9 Å². The van der Waals surface area contributed by atoms with E-state index in [-0.39, 0.29) is 10.6 Å². The number of anilines is 1. The van der Waals surface area contributed by atoms with Gasteiger partial charge in [-0.15, -0.1) is 0 Å². The number of para-hydroxylation sites is 1. The van der Waals surface area contributed by atoms with Crippen LogP contribution in [-0.4, -0.2) is 31.0 Å². The summed E-state index contributed by atoms with van der Waals surface area (Å²) >= 11 is 0. The number of nitrogens with one attached hydrogen (secondary N) is 1. The molecule has 0 amide bonds. The van der Waals surface area contributed by atoms with Gasteiger partial charge in [0, 0.05) is 13.1 Å². The molecule has 28 heavy (non-hydrogen) atoms. The van der Waals surface area contributed by atoms with E-state index in [1.165, 1.54) is 16.8 Å². The highest BCUT2D eigenvalue weighted by atomic mass is 32.2. The Hall–Kier alpha value is -3.20. The summed E-state index contributed by atoms with van der Waals surface area (Å²) in [6, 6.07) is 13.4. The first-order chi connectivity index (χ1) is 13.4. The molecule has 0 saturated heterocycles. The number of fused-ring (bicyclic) bond motifs is 1. The summed E-state index contributed by atoms with van der Waals surface area (Å²) in [5.41, 5.74) is 0.686. The zero-order valence-electron chi connectivity index (χ0n) is 15.4. The molecule has 146 valence electrons. The van der Waals surface area contributed by atoms with E-state index in [0.29, 0.717) is 36.1 Å². The van der Waals surface area contributed by atoms with Crippen molar-refractivity contribution < 1.29 is 17.9 Å². The SMILES string of the molecule is Cc1c(NS(=O)(=O)c2ccc3c(c2)OCCO3)c(=O)n(-c2ccccc2)n1C. The molecule has 1 N–H and O–H groups in total. The third-order valence-corrected chi connectivity index (χ3v) is 5.96. The third kappa shape index (κ3) is 3.03. The summed E-state index contributed by atoms with van der Waals surface area (Å²) in [5, 5.41) is 0. The van der Waals surface area contributed by atoms with E-state index in [4.69, 9.17) is 9.47 Å². The summed E-state index contributed by atoms with van der Waals surface area (Å²) in [6.45, 7) is 2.45. The average Bonchev–Trinajstić information content (AvgIpc) is 2.91.